The van der Waals surface area contributed by atoms with Crippen molar-refractivity contribution in [2.24, 2.45) is 0 Å². The molecule has 1 saturated heterocycles. The lowest BCUT2D eigenvalue weighted by molar-refractivity contribution is 0.0703. The number of aryl methyl sites for hydroxylation is 1. The lowest BCUT2D eigenvalue weighted by Gasteiger charge is -2.31. The quantitative estimate of drug-likeness (QED) is 0.929. The van der Waals surface area contributed by atoms with Gasteiger partial charge in [-0.2, -0.15) is 0 Å². The number of piperidine rings is 1. The van der Waals surface area contributed by atoms with E-state index in [2.05, 4.69) is 14.9 Å². The van der Waals surface area contributed by atoms with Gasteiger partial charge in [0.2, 0.25) is 0 Å². The SMILES string of the molecule is Cc1ccc(C(=O)NC2CCN(C(=O)c3cnns3)CC2)s1. The van der Waals surface area contributed by atoms with E-state index in [-0.39, 0.29) is 17.9 Å². The summed E-state index contributed by atoms with van der Waals surface area (Å²) >= 11 is 2.61. The molecule has 1 aliphatic rings. The summed E-state index contributed by atoms with van der Waals surface area (Å²) in [5.41, 5.74) is 0. The molecular weight excluding hydrogens is 320 g/mol. The molecule has 1 fully saturated rings. The molecule has 0 saturated carbocycles. The molecule has 0 aromatic carbocycles. The van der Waals surface area contributed by atoms with Gasteiger partial charge in [0.25, 0.3) is 11.8 Å². The highest BCUT2D eigenvalue weighted by atomic mass is 32.1. The van der Waals surface area contributed by atoms with E-state index in [0.29, 0.717) is 18.0 Å². The number of thiophene rings is 1. The Labute approximate surface area is 136 Å². The minimum atomic E-state index is -0.0198. The maximum absolute atomic E-state index is 12.2. The number of hydrogen-bond donors (Lipinski definition) is 1. The second kappa shape index (κ2) is 6.53. The van der Waals surface area contributed by atoms with Crippen LogP contribution in [0.2, 0.25) is 0 Å². The van der Waals surface area contributed by atoms with Crippen LogP contribution in [0.25, 0.3) is 0 Å². The average molecular weight is 336 g/mol. The highest BCUT2D eigenvalue weighted by Gasteiger charge is 2.26. The number of nitrogens with one attached hydrogen (secondary N) is 1. The van der Waals surface area contributed by atoms with Gasteiger partial charge in [-0.25, -0.2) is 0 Å². The number of amides is 2. The third-order valence-corrected chi connectivity index (χ3v) is 5.31. The van der Waals surface area contributed by atoms with Crippen LogP contribution in [0, 0.1) is 6.92 Å². The number of carbonyl (C=O) groups excluding carboxylic acids is 2. The van der Waals surface area contributed by atoms with E-state index in [1.54, 1.807) is 4.90 Å². The zero-order valence-corrected chi connectivity index (χ0v) is 13.7. The molecule has 8 heteroatoms. The third-order valence-electron chi connectivity index (χ3n) is 3.65. The summed E-state index contributed by atoms with van der Waals surface area (Å²) in [5, 5.41) is 6.75. The van der Waals surface area contributed by atoms with E-state index in [9.17, 15) is 9.59 Å². The van der Waals surface area contributed by atoms with Crippen molar-refractivity contribution < 1.29 is 9.59 Å². The van der Waals surface area contributed by atoms with Crippen LogP contribution >= 0.6 is 22.9 Å². The highest BCUT2D eigenvalue weighted by molar-refractivity contribution is 7.13. The molecule has 22 heavy (non-hydrogen) atoms. The largest absolute Gasteiger partial charge is 0.348 e. The Morgan fingerprint density at radius 1 is 1.27 bits per heavy atom. The van der Waals surface area contributed by atoms with Gasteiger partial charge in [-0.05, 0) is 43.4 Å². The molecule has 0 unspecified atom stereocenters. The predicted molar refractivity (Wildman–Crippen MR) is 85.4 cm³/mol. The molecule has 2 aromatic heterocycles. The van der Waals surface area contributed by atoms with Gasteiger partial charge in [0.05, 0.1) is 11.1 Å². The molecule has 0 bridgehead atoms. The molecule has 0 atom stereocenters. The van der Waals surface area contributed by atoms with Crippen LogP contribution < -0.4 is 5.32 Å². The van der Waals surface area contributed by atoms with E-state index in [0.717, 1.165) is 34.1 Å². The summed E-state index contributed by atoms with van der Waals surface area (Å²) < 4.78 is 3.72. The van der Waals surface area contributed by atoms with Gasteiger partial charge in [-0.15, -0.1) is 16.4 Å². The van der Waals surface area contributed by atoms with Crippen molar-refractivity contribution in [1.82, 2.24) is 19.8 Å². The Morgan fingerprint density at radius 3 is 2.64 bits per heavy atom. The number of carbonyl (C=O) groups is 2. The molecule has 1 N–H and O–H groups in total. The van der Waals surface area contributed by atoms with Crippen molar-refractivity contribution in [2.75, 3.05) is 13.1 Å². The van der Waals surface area contributed by atoms with Gasteiger partial charge in [0.15, 0.2) is 0 Å². The fourth-order valence-electron chi connectivity index (χ4n) is 2.46. The van der Waals surface area contributed by atoms with Crippen LogP contribution in [-0.4, -0.2) is 45.4 Å². The fourth-order valence-corrected chi connectivity index (χ4v) is 3.71. The molecule has 2 aromatic rings. The molecule has 6 nitrogen and oxygen atoms in total. The Morgan fingerprint density at radius 2 is 2.05 bits per heavy atom. The van der Waals surface area contributed by atoms with Crippen LogP contribution in [0.5, 0.6) is 0 Å². The Bertz CT molecular complexity index is 660. The van der Waals surface area contributed by atoms with Crippen molar-refractivity contribution >= 4 is 34.7 Å². The number of hydrogen-bond acceptors (Lipinski definition) is 6. The molecule has 3 rings (SSSR count). The lowest BCUT2D eigenvalue weighted by atomic mass is 10.0. The third kappa shape index (κ3) is 3.33. The lowest BCUT2D eigenvalue weighted by Crippen LogP contribution is -2.46. The number of aromatic nitrogens is 2. The van der Waals surface area contributed by atoms with Crippen LogP contribution in [-0.2, 0) is 0 Å². The van der Waals surface area contributed by atoms with Crippen LogP contribution in [0.15, 0.2) is 18.3 Å². The van der Waals surface area contributed by atoms with Crippen molar-refractivity contribution in [1.29, 1.82) is 0 Å². The minimum absolute atomic E-state index is 0.0190. The standard InChI is InChI=1S/C14H16N4O2S2/c1-9-2-3-11(21-9)13(19)16-10-4-6-18(7-5-10)14(20)12-8-15-17-22-12/h2-3,8,10H,4-7H2,1H3,(H,16,19). The molecule has 0 spiro atoms. The van der Waals surface area contributed by atoms with Gasteiger partial charge in [0, 0.05) is 24.0 Å². The summed E-state index contributed by atoms with van der Waals surface area (Å²) in [6.07, 6.45) is 3.04. The summed E-state index contributed by atoms with van der Waals surface area (Å²) in [4.78, 5) is 28.6. The monoisotopic (exact) mass is 336 g/mol. The Hall–Kier alpha value is -1.80. The van der Waals surface area contributed by atoms with Gasteiger partial charge in [-0.1, -0.05) is 4.49 Å². The topological polar surface area (TPSA) is 75.2 Å². The summed E-state index contributed by atoms with van der Waals surface area (Å²) in [7, 11) is 0. The van der Waals surface area contributed by atoms with Crippen molar-refractivity contribution in [3.63, 3.8) is 0 Å². The fraction of sp³-hybridized carbons (Fsp3) is 0.429. The molecule has 1 aliphatic heterocycles. The van der Waals surface area contributed by atoms with E-state index in [4.69, 9.17) is 0 Å². The first-order valence-electron chi connectivity index (χ1n) is 7.07. The molecule has 0 aliphatic carbocycles. The predicted octanol–water partition coefficient (Wildman–Crippen LogP) is 1.94. The normalized spacial score (nSPS) is 15.8. The summed E-state index contributed by atoms with van der Waals surface area (Å²) in [6, 6.07) is 3.92. The first-order chi connectivity index (χ1) is 10.6. The van der Waals surface area contributed by atoms with E-state index >= 15 is 0 Å². The molecule has 116 valence electrons. The zero-order valence-electron chi connectivity index (χ0n) is 12.1. The Balaban J connectivity index is 1.51. The summed E-state index contributed by atoms with van der Waals surface area (Å²) in [5.74, 6) is -0.0387. The maximum Gasteiger partial charge on any atom is 0.267 e. The van der Waals surface area contributed by atoms with Crippen molar-refractivity contribution in [3.05, 3.63) is 33.0 Å². The Kier molecular flexibility index (Phi) is 4.49. The molecule has 0 radical (unpaired) electrons. The van der Waals surface area contributed by atoms with Gasteiger partial charge in [-0.3, -0.25) is 9.59 Å². The van der Waals surface area contributed by atoms with E-state index in [1.807, 2.05) is 19.1 Å². The number of rotatable bonds is 3. The van der Waals surface area contributed by atoms with Gasteiger partial charge < -0.3 is 10.2 Å². The second-order valence-corrected chi connectivity index (χ2v) is 7.31. The number of nitrogens with zero attached hydrogens (tertiary/aromatic N) is 3. The highest BCUT2D eigenvalue weighted by Crippen LogP contribution is 2.18. The summed E-state index contributed by atoms with van der Waals surface area (Å²) in [6.45, 7) is 3.27. The van der Waals surface area contributed by atoms with Gasteiger partial charge >= 0.3 is 0 Å². The van der Waals surface area contributed by atoms with Crippen LogP contribution in [0.1, 0.15) is 37.1 Å². The zero-order chi connectivity index (χ0) is 15.5. The van der Waals surface area contributed by atoms with Crippen molar-refractivity contribution in [3.8, 4) is 0 Å². The number of likely N-dealkylation sites (tertiary alicyclic amines) is 1. The first-order valence-corrected chi connectivity index (χ1v) is 8.66. The first kappa shape index (κ1) is 15.1. The molecule has 3 heterocycles. The van der Waals surface area contributed by atoms with Crippen molar-refractivity contribution in [2.45, 2.75) is 25.8 Å². The molecular formula is C14H16N4O2S2. The van der Waals surface area contributed by atoms with Crippen LogP contribution in [0.3, 0.4) is 0 Å². The van der Waals surface area contributed by atoms with E-state index in [1.165, 1.54) is 17.5 Å². The average Bonchev–Trinajstić information content (AvgIpc) is 3.18. The van der Waals surface area contributed by atoms with Crippen LogP contribution in [0.4, 0.5) is 0 Å². The second-order valence-electron chi connectivity index (χ2n) is 5.23. The minimum Gasteiger partial charge on any atom is -0.348 e. The molecule has 2 amide bonds. The smallest absolute Gasteiger partial charge is 0.267 e. The van der Waals surface area contributed by atoms with E-state index < -0.39 is 0 Å². The maximum atomic E-state index is 12.2. The van der Waals surface area contributed by atoms with Gasteiger partial charge in [0.1, 0.15) is 4.88 Å².